The molecule has 1 amide bonds. The molecule has 10 heteroatoms. The lowest BCUT2D eigenvalue weighted by atomic mass is 10.1. The van der Waals surface area contributed by atoms with E-state index in [1.54, 1.807) is 12.1 Å². The Morgan fingerprint density at radius 3 is 2.87 bits per heavy atom. The van der Waals surface area contributed by atoms with Gasteiger partial charge in [0.25, 0.3) is 0 Å². The topological polar surface area (TPSA) is 104 Å². The van der Waals surface area contributed by atoms with Crippen LogP contribution in [-0.2, 0) is 19.6 Å². The molecule has 2 rings (SSSR count). The number of likely N-dealkylation sites (tertiary alicyclic amines) is 1. The van der Waals surface area contributed by atoms with Gasteiger partial charge in [-0.15, -0.1) is 11.3 Å². The Morgan fingerprint density at radius 1 is 1.52 bits per heavy atom. The molecule has 1 aliphatic rings. The second kappa shape index (κ2) is 7.43. The number of amides is 1. The van der Waals surface area contributed by atoms with Crippen LogP contribution in [-0.4, -0.2) is 49.4 Å². The number of aliphatic carboxylic acids is 1. The van der Waals surface area contributed by atoms with Crippen LogP contribution in [0.1, 0.15) is 17.7 Å². The first-order valence-corrected chi connectivity index (χ1v) is 9.47. The highest BCUT2D eigenvalue weighted by Gasteiger charge is 2.32. The van der Waals surface area contributed by atoms with E-state index >= 15 is 0 Å². The van der Waals surface area contributed by atoms with Crippen LogP contribution in [0.2, 0.25) is 4.34 Å². The van der Waals surface area contributed by atoms with Crippen LogP contribution in [0.15, 0.2) is 17.5 Å². The van der Waals surface area contributed by atoms with E-state index in [0.29, 0.717) is 28.6 Å². The molecular formula is C13H15ClN2O5S2. The summed E-state index contributed by atoms with van der Waals surface area (Å²) in [5, 5.41) is 9.73. The Kier molecular flexibility index (Phi) is 5.79. The molecule has 0 unspecified atom stereocenters. The van der Waals surface area contributed by atoms with Gasteiger partial charge in [0.2, 0.25) is 15.9 Å². The average Bonchev–Trinajstić information content (AvgIpc) is 2.86. The molecule has 0 aromatic carbocycles. The number of nitrogens with one attached hydrogen (secondary N) is 1. The van der Waals surface area contributed by atoms with Gasteiger partial charge in [0.15, 0.2) is 0 Å². The van der Waals surface area contributed by atoms with Gasteiger partial charge >= 0.3 is 5.97 Å². The predicted octanol–water partition coefficient (Wildman–Crippen LogP) is 1.37. The van der Waals surface area contributed by atoms with Crippen molar-refractivity contribution in [2.45, 2.75) is 18.9 Å². The Balaban J connectivity index is 2.02. The molecule has 1 aromatic rings. The molecule has 0 spiro atoms. The molecule has 1 saturated heterocycles. The van der Waals surface area contributed by atoms with E-state index in [1.807, 2.05) is 0 Å². The van der Waals surface area contributed by atoms with E-state index in [4.69, 9.17) is 16.7 Å². The number of halogens is 1. The molecule has 0 radical (unpaired) electrons. The number of carbonyl (C=O) groups excluding carboxylic acids is 1. The van der Waals surface area contributed by atoms with E-state index in [1.165, 1.54) is 17.4 Å². The van der Waals surface area contributed by atoms with Crippen LogP contribution in [0.4, 0.5) is 0 Å². The monoisotopic (exact) mass is 378 g/mol. The molecule has 1 aliphatic heterocycles. The van der Waals surface area contributed by atoms with Crippen LogP contribution in [0.3, 0.4) is 0 Å². The van der Waals surface area contributed by atoms with Gasteiger partial charge in [-0.3, -0.25) is 9.59 Å². The molecule has 1 aromatic heterocycles. The third kappa shape index (κ3) is 5.31. The molecule has 0 aliphatic carbocycles. The maximum absolute atomic E-state index is 12.1. The van der Waals surface area contributed by atoms with Crippen molar-refractivity contribution in [3.05, 3.63) is 26.8 Å². The molecular weight excluding hydrogens is 364 g/mol. The fourth-order valence-electron chi connectivity index (χ4n) is 2.18. The number of carboxylic acids is 1. The van der Waals surface area contributed by atoms with Crippen LogP contribution in [0, 0.1) is 0 Å². The molecule has 7 nitrogen and oxygen atoms in total. The fraction of sp³-hybridized carbons (Fsp3) is 0.385. The van der Waals surface area contributed by atoms with Crippen molar-refractivity contribution in [1.82, 2.24) is 9.62 Å². The zero-order valence-corrected chi connectivity index (χ0v) is 14.3. The van der Waals surface area contributed by atoms with Gasteiger partial charge in [-0.2, -0.15) is 4.72 Å². The maximum Gasteiger partial charge on any atom is 0.323 e. The molecule has 2 heterocycles. The van der Waals surface area contributed by atoms with Gasteiger partial charge in [-0.1, -0.05) is 11.6 Å². The Morgan fingerprint density at radius 2 is 2.26 bits per heavy atom. The molecule has 1 fully saturated rings. The van der Waals surface area contributed by atoms with Gasteiger partial charge in [0, 0.05) is 16.8 Å². The van der Waals surface area contributed by atoms with E-state index in [2.05, 4.69) is 4.72 Å². The third-order valence-electron chi connectivity index (χ3n) is 3.17. The van der Waals surface area contributed by atoms with Crippen LogP contribution in [0.25, 0.3) is 6.08 Å². The van der Waals surface area contributed by atoms with Gasteiger partial charge in [0.05, 0.1) is 4.34 Å². The largest absolute Gasteiger partial charge is 0.480 e. The molecule has 0 bridgehead atoms. The summed E-state index contributed by atoms with van der Waals surface area (Å²) < 4.78 is 26.9. The lowest BCUT2D eigenvalue weighted by Crippen LogP contribution is -2.53. The normalized spacial score (nSPS) is 19.4. The summed E-state index contributed by atoms with van der Waals surface area (Å²) in [5.74, 6) is -1.65. The van der Waals surface area contributed by atoms with E-state index in [0.717, 1.165) is 10.3 Å². The Bertz CT molecular complexity index is 728. The highest BCUT2D eigenvalue weighted by molar-refractivity contribution is 7.92. The number of carbonyl (C=O) groups is 2. The Labute approximate surface area is 142 Å². The number of rotatable bonds is 6. The molecule has 0 saturated carbocycles. The number of hydrogen-bond donors (Lipinski definition) is 2. The number of carboxylic acid groups (broad SMARTS) is 1. The van der Waals surface area contributed by atoms with E-state index < -0.39 is 34.5 Å². The molecule has 126 valence electrons. The van der Waals surface area contributed by atoms with E-state index in [9.17, 15) is 18.0 Å². The lowest BCUT2D eigenvalue weighted by molar-refractivity contribution is -0.146. The zero-order valence-electron chi connectivity index (χ0n) is 11.9. The van der Waals surface area contributed by atoms with Crippen molar-refractivity contribution >= 4 is 50.9 Å². The minimum Gasteiger partial charge on any atom is -0.480 e. The van der Waals surface area contributed by atoms with E-state index in [-0.39, 0.29) is 0 Å². The number of hydrogen-bond acceptors (Lipinski definition) is 5. The van der Waals surface area contributed by atoms with Crippen molar-refractivity contribution in [1.29, 1.82) is 0 Å². The Hall–Kier alpha value is -1.42. The first kappa shape index (κ1) is 17.9. The summed E-state index contributed by atoms with van der Waals surface area (Å²) in [4.78, 5) is 24.6. The van der Waals surface area contributed by atoms with Gasteiger partial charge in [-0.25, -0.2) is 8.42 Å². The van der Waals surface area contributed by atoms with Gasteiger partial charge in [-0.05, 0) is 31.1 Å². The first-order valence-electron chi connectivity index (χ1n) is 6.73. The van der Waals surface area contributed by atoms with Crippen LogP contribution in [0.5, 0.6) is 0 Å². The summed E-state index contributed by atoms with van der Waals surface area (Å²) in [5.41, 5.74) is 0. The number of thiophene rings is 1. The summed E-state index contributed by atoms with van der Waals surface area (Å²) in [6.45, 7) is -0.118. The molecule has 1 atom stereocenters. The van der Waals surface area contributed by atoms with Gasteiger partial charge in [0.1, 0.15) is 12.6 Å². The number of sulfonamides is 1. The highest BCUT2D eigenvalue weighted by atomic mass is 35.5. The van der Waals surface area contributed by atoms with Crippen molar-refractivity contribution in [3.63, 3.8) is 0 Å². The van der Waals surface area contributed by atoms with Crippen molar-refractivity contribution < 1.29 is 23.1 Å². The third-order valence-corrected chi connectivity index (χ3v) is 5.47. The smallest absolute Gasteiger partial charge is 0.323 e. The van der Waals surface area contributed by atoms with Crippen LogP contribution < -0.4 is 4.72 Å². The standard InChI is InChI=1S/C13H15ClN2O5S2/c14-11-4-3-9(22-11)5-7-23(20,21)15-10-2-1-6-16(13(10)19)8-12(17)18/h3-5,7,10,15H,1-2,6,8H2,(H,17,18)/b7-5+/t10-/m0/s1. The van der Waals surface area contributed by atoms with Crippen molar-refractivity contribution in [3.8, 4) is 0 Å². The minimum atomic E-state index is -3.82. The quantitative estimate of drug-likeness (QED) is 0.778. The highest BCUT2D eigenvalue weighted by Crippen LogP contribution is 2.22. The van der Waals surface area contributed by atoms with Crippen molar-refractivity contribution in [2.75, 3.05) is 13.1 Å². The van der Waals surface area contributed by atoms with Gasteiger partial charge < -0.3 is 10.0 Å². The number of nitrogens with zero attached hydrogens (tertiary/aromatic N) is 1. The maximum atomic E-state index is 12.1. The second-order valence-electron chi connectivity index (χ2n) is 4.96. The van der Waals surface area contributed by atoms with Crippen molar-refractivity contribution in [2.24, 2.45) is 0 Å². The summed E-state index contributed by atoms with van der Waals surface area (Å²) in [6.07, 6.45) is 2.27. The summed E-state index contributed by atoms with van der Waals surface area (Å²) >= 11 is 6.99. The first-order chi connectivity index (χ1) is 10.8. The number of piperidine rings is 1. The minimum absolute atomic E-state index is 0.312. The summed E-state index contributed by atoms with van der Waals surface area (Å²) in [7, 11) is -3.82. The van der Waals surface area contributed by atoms with Crippen LogP contribution >= 0.6 is 22.9 Å². The summed E-state index contributed by atoms with van der Waals surface area (Å²) in [6, 6.07) is 2.39. The zero-order chi connectivity index (χ0) is 17.0. The molecule has 2 N–H and O–H groups in total. The fourth-order valence-corrected chi connectivity index (χ4v) is 4.25. The predicted molar refractivity (Wildman–Crippen MR) is 87.7 cm³/mol. The average molecular weight is 379 g/mol. The lowest BCUT2D eigenvalue weighted by Gasteiger charge is -2.31. The SMILES string of the molecule is O=C(O)CN1CCC[C@H](NS(=O)(=O)/C=C/c2ccc(Cl)s2)C1=O. The second-order valence-corrected chi connectivity index (χ2v) is 8.30. The molecule has 23 heavy (non-hydrogen) atoms.